The van der Waals surface area contributed by atoms with E-state index in [0.29, 0.717) is 31.6 Å². The SMILES string of the molecule is Cl.O=C(CC1NCCN(Cc2cc(F)cc(F)c2)C1=O)NCCc1ccccn1. The summed E-state index contributed by atoms with van der Waals surface area (Å²) < 4.78 is 26.7. The van der Waals surface area contributed by atoms with Crippen LogP contribution >= 0.6 is 12.4 Å². The fourth-order valence-electron chi connectivity index (χ4n) is 3.16. The predicted octanol–water partition coefficient (Wildman–Crippen LogP) is 1.83. The topological polar surface area (TPSA) is 74.3 Å². The molecule has 1 aromatic carbocycles. The van der Waals surface area contributed by atoms with Crippen molar-refractivity contribution in [1.82, 2.24) is 20.5 Å². The first-order chi connectivity index (χ1) is 13.5. The molecule has 1 aliphatic heterocycles. The summed E-state index contributed by atoms with van der Waals surface area (Å²) in [5, 5.41) is 5.82. The second-order valence-corrected chi connectivity index (χ2v) is 6.67. The van der Waals surface area contributed by atoms with Gasteiger partial charge in [-0.1, -0.05) is 6.07 Å². The van der Waals surface area contributed by atoms with Gasteiger partial charge < -0.3 is 15.5 Å². The van der Waals surface area contributed by atoms with E-state index >= 15 is 0 Å². The Labute approximate surface area is 174 Å². The van der Waals surface area contributed by atoms with E-state index in [4.69, 9.17) is 0 Å². The quantitative estimate of drug-likeness (QED) is 0.711. The van der Waals surface area contributed by atoms with E-state index in [0.717, 1.165) is 11.8 Å². The lowest BCUT2D eigenvalue weighted by atomic mass is 10.1. The number of nitrogens with zero attached hydrogens (tertiary/aromatic N) is 2. The third-order valence-corrected chi connectivity index (χ3v) is 4.50. The van der Waals surface area contributed by atoms with Gasteiger partial charge in [-0.3, -0.25) is 14.6 Å². The van der Waals surface area contributed by atoms with Crippen molar-refractivity contribution in [3.8, 4) is 0 Å². The number of amides is 2. The third kappa shape index (κ3) is 6.76. The van der Waals surface area contributed by atoms with Crippen LogP contribution in [0.15, 0.2) is 42.6 Å². The van der Waals surface area contributed by atoms with Gasteiger partial charge in [0.1, 0.15) is 11.6 Å². The average molecular weight is 425 g/mol. The lowest BCUT2D eigenvalue weighted by molar-refractivity contribution is -0.138. The number of aromatic nitrogens is 1. The fourth-order valence-corrected chi connectivity index (χ4v) is 3.16. The van der Waals surface area contributed by atoms with Crippen LogP contribution in [0.5, 0.6) is 0 Å². The smallest absolute Gasteiger partial charge is 0.240 e. The Bertz CT molecular complexity index is 818. The molecule has 0 radical (unpaired) electrons. The average Bonchev–Trinajstić information content (AvgIpc) is 2.65. The second kappa shape index (κ2) is 10.8. The molecule has 2 aromatic rings. The van der Waals surface area contributed by atoms with Crippen molar-refractivity contribution in [1.29, 1.82) is 0 Å². The summed E-state index contributed by atoms with van der Waals surface area (Å²) in [5.41, 5.74) is 1.26. The molecular weight excluding hydrogens is 402 g/mol. The van der Waals surface area contributed by atoms with Crippen LogP contribution in [0, 0.1) is 11.6 Å². The summed E-state index contributed by atoms with van der Waals surface area (Å²) in [6.45, 7) is 1.46. The van der Waals surface area contributed by atoms with Crippen LogP contribution in [0.1, 0.15) is 17.7 Å². The normalized spacial score (nSPS) is 16.3. The standard InChI is InChI=1S/C20H22F2N4O2.ClH/c21-15-9-14(10-16(22)11-15)13-26-8-7-24-18(20(26)28)12-19(27)25-6-4-17-3-1-2-5-23-17;/h1-3,5,9-11,18,24H,4,6-8,12-13H2,(H,25,27);1H. The maximum Gasteiger partial charge on any atom is 0.240 e. The highest BCUT2D eigenvalue weighted by Crippen LogP contribution is 2.14. The molecule has 2 heterocycles. The van der Waals surface area contributed by atoms with Crippen molar-refractivity contribution in [2.45, 2.75) is 25.4 Å². The van der Waals surface area contributed by atoms with Gasteiger partial charge in [0.25, 0.3) is 0 Å². The molecule has 2 amide bonds. The molecule has 1 saturated heterocycles. The molecule has 29 heavy (non-hydrogen) atoms. The van der Waals surface area contributed by atoms with Crippen molar-refractivity contribution >= 4 is 24.2 Å². The summed E-state index contributed by atoms with van der Waals surface area (Å²) in [5.74, 6) is -1.85. The number of piperazine rings is 1. The molecule has 1 aliphatic rings. The van der Waals surface area contributed by atoms with Gasteiger partial charge in [-0.25, -0.2) is 8.78 Å². The second-order valence-electron chi connectivity index (χ2n) is 6.67. The van der Waals surface area contributed by atoms with Crippen LogP contribution in [0.3, 0.4) is 0 Å². The fraction of sp³-hybridized carbons (Fsp3) is 0.350. The molecule has 1 fully saturated rings. The zero-order chi connectivity index (χ0) is 19.9. The number of hydrogen-bond acceptors (Lipinski definition) is 4. The highest BCUT2D eigenvalue weighted by atomic mass is 35.5. The Balaban J connectivity index is 0.00000300. The molecule has 1 atom stereocenters. The summed E-state index contributed by atoms with van der Waals surface area (Å²) in [7, 11) is 0. The minimum Gasteiger partial charge on any atom is -0.356 e. The van der Waals surface area contributed by atoms with E-state index in [9.17, 15) is 18.4 Å². The number of carbonyl (C=O) groups excluding carboxylic acids is 2. The van der Waals surface area contributed by atoms with E-state index in [-0.39, 0.29) is 37.2 Å². The van der Waals surface area contributed by atoms with Crippen molar-refractivity contribution in [3.05, 3.63) is 65.5 Å². The van der Waals surface area contributed by atoms with Crippen LogP contribution in [0.4, 0.5) is 8.78 Å². The molecule has 6 nitrogen and oxygen atoms in total. The molecule has 1 unspecified atom stereocenters. The monoisotopic (exact) mass is 424 g/mol. The molecule has 1 aromatic heterocycles. The maximum atomic E-state index is 13.4. The Kier molecular flexibility index (Phi) is 8.48. The zero-order valence-corrected chi connectivity index (χ0v) is 16.6. The van der Waals surface area contributed by atoms with E-state index < -0.39 is 17.7 Å². The molecule has 156 valence electrons. The molecule has 2 N–H and O–H groups in total. The molecule has 0 bridgehead atoms. The number of pyridine rings is 1. The largest absolute Gasteiger partial charge is 0.356 e. The zero-order valence-electron chi connectivity index (χ0n) is 15.7. The third-order valence-electron chi connectivity index (χ3n) is 4.50. The number of rotatable bonds is 7. The van der Waals surface area contributed by atoms with E-state index in [1.807, 2.05) is 18.2 Å². The number of carbonyl (C=O) groups is 2. The molecular formula is C20H23ClF2N4O2. The summed E-state index contributed by atoms with van der Waals surface area (Å²) in [4.78, 5) is 30.5. The van der Waals surface area contributed by atoms with Gasteiger partial charge in [-0.15, -0.1) is 12.4 Å². The number of nitrogens with one attached hydrogen (secondary N) is 2. The van der Waals surface area contributed by atoms with Crippen LogP contribution in [0.25, 0.3) is 0 Å². The van der Waals surface area contributed by atoms with Gasteiger partial charge >= 0.3 is 0 Å². The number of halogens is 3. The number of benzene rings is 1. The molecule has 9 heteroatoms. The Morgan fingerprint density at radius 2 is 2.00 bits per heavy atom. The van der Waals surface area contributed by atoms with Crippen molar-refractivity contribution < 1.29 is 18.4 Å². The van der Waals surface area contributed by atoms with Gasteiger partial charge in [-0.2, -0.15) is 0 Å². The number of hydrogen-bond donors (Lipinski definition) is 2. The molecule has 0 saturated carbocycles. The Morgan fingerprint density at radius 3 is 2.69 bits per heavy atom. The Hall–Kier alpha value is -2.58. The first-order valence-corrected chi connectivity index (χ1v) is 9.15. The van der Waals surface area contributed by atoms with Crippen LogP contribution in [0.2, 0.25) is 0 Å². The maximum absolute atomic E-state index is 13.4. The highest BCUT2D eigenvalue weighted by Gasteiger charge is 2.30. The van der Waals surface area contributed by atoms with E-state index in [1.165, 1.54) is 17.0 Å². The molecule has 0 spiro atoms. The summed E-state index contributed by atoms with van der Waals surface area (Å²) in [6.07, 6.45) is 2.31. The van der Waals surface area contributed by atoms with Gasteiger partial charge in [0.05, 0.1) is 12.5 Å². The van der Waals surface area contributed by atoms with Crippen molar-refractivity contribution in [2.75, 3.05) is 19.6 Å². The van der Waals surface area contributed by atoms with Crippen LogP contribution in [-0.4, -0.2) is 47.4 Å². The predicted molar refractivity (Wildman–Crippen MR) is 106 cm³/mol. The Morgan fingerprint density at radius 1 is 1.24 bits per heavy atom. The first kappa shape index (κ1) is 22.7. The van der Waals surface area contributed by atoms with Gasteiger partial charge in [0.15, 0.2) is 0 Å². The minimum atomic E-state index is -0.679. The minimum absolute atomic E-state index is 0. The van der Waals surface area contributed by atoms with Crippen molar-refractivity contribution in [2.24, 2.45) is 0 Å². The van der Waals surface area contributed by atoms with Crippen LogP contribution < -0.4 is 10.6 Å². The van der Waals surface area contributed by atoms with E-state index in [1.54, 1.807) is 6.20 Å². The summed E-state index contributed by atoms with van der Waals surface area (Å²) in [6, 6.07) is 8.14. The van der Waals surface area contributed by atoms with Gasteiger partial charge in [0, 0.05) is 50.6 Å². The molecule has 0 aliphatic carbocycles. The lowest BCUT2D eigenvalue weighted by Crippen LogP contribution is -2.55. The first-order valence-electron chi connectivity index (χ1n) is 9.15. The highest BCUT2D eigenvalue weighted by molar-refractivity contribution is 5.88. The summed E-state index contributed by atoms with van der Waals surface area (Å²) >= 11 is 0. The van der Waals surface area contributed by atoms with E-state index in [2.05, 4.69) is 15.6 Å². The van der Waals surface area contributed by atoms with Crippen molar-refractivity contribution in [3.63, 3.8) is 0 Å². The van der Waals surface area contributed by atoms with Gasteiger partial charge in [-0.05, 0) is 29.8 Å². The molecule has 3 rings (SSSR count). The van der Waals surface area contributed by atoms with Crippen LogP contribution in [-0.2, 0) is 22.6 Å². The lowest BCUT2D eigenvalue weighted by Gasteiger charge is -2.33. The van der Waals surface area contributed by atoms with Gasteiger partial charge in [0.2, 0.25) is 11.8 Å².